The molecule has 0 saturated carbocycles. The fourth-order valence-electron chi connectivity index (χ4n) is 3.23. The Balaban J connectivity index is 1.80. The van der Waals surface area contributed by atoms with Crippen LogP contribution in [0.15, 0.2) is 59.0 Å². The Hall–Kier alpha value is -2.76. The third-order valence-corrected chi connectivity index (χ3v) is 5.82. The number of thiazole rings is 1. The first kappa shape index (κ1) is 16.4. The van der Waals surface area contributed by atoms with Gasteiger partial charge in [-0.1, -0.05) is 41.1 Å². The molecule has 0 atom stereocenters. The largest absolute Gasteiger partial charge is 0.460 e. The van der Waals surface area contributed by atoms with Crippen LogP contribution in [0.4, 0.5) is 11.5 Å². The lowest BCUT2D eigenvalue weighted by molar-refractivity contribution is 0.547. The van der Waals surface area contributed by atoms with Crippen molar-refractivity contribution in [3.63, 3.8) is 0 Å². The number of para-hydroxylation sites is 1. The van der Waals surface area contributed by atoms with Gasteiger partial charge in [-0.05, 0) is 55.8 Å². The molecule has 4 nitrogen and oxygen atoms in total. The molecule has 1 N–H and O–H groups in total. The Kier molecular flexibility index (Phi) is 3.74. The Morgan fingerprint density at radius 3 is 2.70 bits per heavy atom. The van der Waals surface area contributed by atoms with Crippen LogP contribution in [-0.2, 0) is 0 Å². The maximum absolute atomic E-state index is 6.18. The summed E-state index contributed by atoms with van der Waals surface area (Å²) in [7, 11) is 0. The molecule has 0 fully saturated rings. The molecule has 0 unspecified atom stereocenters. The van der Waals surface area contributed by atoms with E-state index in [2.05, 4.69) is 28.8 Å². The van der Waals surface area contributed by atoms with Crippen molar-refractivity contribution in [1.82, 2.24) is 9.38 Å². The molecule has 5 aromatic rings. The third kappa shape index (κ3) is 2.71. The predicted molar refractivity (Wildman–Crippen MR) is 112 cm³/mol. The minimum absolute atomic E-state index is 0.724. The second kappa shape index (κ2) is 6.15. The van der Waals surface area contributed by atoms with Crippen molar-refractivity contribution >= 4 is 49.6 Å². The van der Waals surface area contributed by atoms with Crippen molar-refractivity contribution < 1.29 is 4.42 Å². The molecule has 0 amide bonds. The zero-order valence-electron chi connectivity index (χ0n) is 14.8. The minimum Gasteiger partial charge on any atom is -0.460 e. The van der Waals surface area contributed by atoms with Gasteiger partial charge in [0.25, 0.3) is 0 Å². The molecule has 5 rings (SSSR count). The number of furan rings is 1. The van der Waals surface area contributed by atoms with Gasteiger partial charge in [0, 0.05) is 10.7 Å². The number of fused-ring (bicyclic) bond motifs is 3. The maximum atomic E-state index is 6.18. The van der Waals surface area contributed by atoms with Crippen LogP contribution in [0.5, 0.6) is 0 Å². The highest BCUT2D eigenvalue weighted by atomic mass is 35.5. The number of aryl methyl sites for hydroxylation is 2. The Morgan fingerprint density at radius 1 is 1.07 bits per heavy atom. The van der Waals surface area contributed by atoms with Gasteiger partial charge in [0.1, 0.15) is 11.6 Å². The first-order valence-corrected chi connectivity index (χ1v) is 9.79. The number of nitrogens with one attached hydrogen (secondary N) is 1. The molecule has 3 aromatic heterocycles. The van der Waals surface area contributed by atoms with Crippen LogP contribution >= 0.6 is 22.9 Å². The van der Waals surface area contributed by atoms with Crippen LogP contribution in [0.25, 0.3) is 26.6 Å². The molecule has 0 saturated heterocycles. The Labute approximate surface area is 165 Å². The van der Waals surface area contributed by atoms with Crippen molar-refractivity contribution in [3.8, 4) is 11.5 Å². The first-order valence-electron chi connectivity index (χ1n) is 8.60. The Bertz CT molecular complexity index is 1300. The first-order chi connectivity index (χ1) is 13.1. The van der Waals surface area contributed by atoms with E-state index >= 15 is 0 Å². The van der Waals surface area contributed by atoms with Crippen molar-refractivity contribution in [3.05, 3.63) is 70.9 Å². The van der Waals surface area contributed by atoms with E-state index < -0.39 is 0 Å². The molecule has 3 heterocycles. The van der Waals surface area contributed by atoms with E-state index in [1.807, 2.05) is 49.4 Å². The highest BCUT2D eigenvalue weighted by molar-refractivity contribution is 7.23. The molecule has 2 aromatic carbocycles. The number of halogens is 1. The van der Waals surface area contributed by atoms with Gasteiger partial charge in [-0.15, -0.1) is 0 Å². The fraction of sp³-hybridized carbons (Fsp3) is 0.0952. The van der Waals surface area contributed by atoms with Crippen LogP contribution in [0.1, 0.15) is 11.3 Å². The number of hydrogen-bond acceptors (Lipinski definition) is 4. The van der Waals surface area contributed by atoms with Gasteiger partial charge in [0.15, 0.2) is 16.4 Å². The van der Waals surface area contributed by atoms with Gasteiger partial charge in [0.05, 0.1) is 10.2 Å². The smallest absolute Gasteiger partial charge is 0.197 e. The average molecular weight is 394 g/mol. The second-order valence-electron chi connectivity index (χ2n) is 6.49. The van der Waals surface area contributed by atoms with Crippen molar-refractivity contribution in [2.45, 2.75) is 13.8 Å². The SMILES string of the molecule is Cc1ccc(-c2nc3sc4cc(Cl)ccc4n3c2Nc2ccccc2C)o1. The highest BCUT2D eigenvalue weighted by Gasteiger charge is 2.21. The van der Waals surface area contributed by atoms with Crippen molar-refractivity contribution in [2.75, 3.05) is 5.32 Å². The quantitative estimate of drug-likeness (QED) is 0.365. The highest BCUT2D eigenvalue weighted by Crippen LogP contribution is 2.39. The lowest BCUT2D eigenvalue weighted by Crippen LogP contribution is -1.98. The molecule has 0 aliphatic carbocycles. The molecule has 134 valence electrons. The van der Waals surface area contributed by atoms with Crippen LogP contribution < -0.4 is 5.32 Å². The van der Waals surface area contributed by atoms with Crippen molar-refractivity contribution in [1.29, 1.82) is 0 Å². The van der Waals surface area contributed by atoms with E-state index in [0.29, 0.717) is 0 Å². The Morgan fingerprint density at radius 2 is 1.93 bits per heavy atom. The monoisotopic (exact) mass is 393 g/mol. The van der Waals surface area contributed by atoms with E-state index in [1.54, 1.807) is 11.3 Å². The number of aromatic nitrogens is 2. The van der Waals surface area contributed by atoms with Crippen LogP contribution in [0.3, 0.4) is 0 Å². The average Bonchev–Trinajstić information content (AvgIpc) is 3.30. The van der Waals surface area contributed by atoms with E-state index in [4.69, 9.17) is 21.0 Å². The van der Waals surface area contributed by atoms with Gasteiger partial charge >= 0.3 is 0 Å². The fourth-order valence-corrected chi connectivity index (χ4v) is 4.54. The summed E-state index contributed by atoms with van der Waals surface area (Å²) in [6, 6.07) is 18.0. The summed E-state index contributed by atoms with van der Waals surface area (Å²) in [6.07, 6.45) is 0. The molecular weight excluding hydrogens is 378 g/mol. The third-order valence-electron chi connectivity index (χ3n) is 4.58. The summed E-state index contributed by atoms with van der Waals surface area (Å²) in [6.45, 7) is 4.02. The molecule has 0 radical (unpaired) electrons. The topological polar surface area (TPSA) is 42.5 Å². The number of imidazole rings is 1. The van der Waals surface area contributed by atoms with Crippen LogP contribution in [0, 0.1) is 13.8 Å². The molecular formula is C21H16ClN3OS. The van der Waals surface area contributed by atoms with E-state index in [0.717, 1.165) is 54.5 Å². The lowest BCUT2D eigenvalue weighted by Gasteiger charge is -2.10. The van der Waals surface area contributed by atoms with Gasteiger partial charge in [-0.25, -0.2) is 4.98 Å². The summed E-state index contributed by atoms with van der Waals surface area (Å²) >= 11 is 7.79. The van der Waals surface area contributed by atoms with Gasteiger partial charge in [0.2, 0.25) is 0 Å². The lowest BCUT2D eigenvalue weighted by atomic mass is 10.2. The number of hydrogen-bond donors (Lipinski definition) is 1. The van der Waals surface area contributed by atoms with Gasteiger partial charge < -0.3 is 9.73 Å². The number of benzene rings is 2. The molecule has 0 spiro atoms. The molecule has 6 heteroatoms. The van der Waals surface area contributed by atoms with Gasteiger partial charge in [-0.3, -0.25) is 4.40 Å². The second-order valence-corrected chi connectivity index (χ2v) is 7.94. The molecule has 27 heavy (non-hydrogen) atoms. The van der Waals surface area contributed by atoms with E-state index in [-0.39, 0.29) is 0 Å². The number of rotatable bonds is 3. The standard InChI is InChI=1S/C21H16ClN3OS/c1-12-5-3-4-6-15(12)23-20-19(17-10-7-13(2)26-17)24-21-25(20)16-9-8-14(22)11-18(16)27-21/h3-11,23H,1-2H3. The molecule has 0 aliphatic rings. The normalized spacial score (nSPS) is 11.5. The van der Waals surface area contributed by atoms with Gasteiger partial charge in [-0.2, -0.15) is 0 Å². The zero-order chi connectivity index (χ0) is 18.5. The van der Waals surface area contributed by atoms with E-state index in [9.17, 15) is 0 Å². The summed E-state index contributed by atoms with van der Waals surface area (Å²) in [4.78, 5) is 5.77. The maximum Gasteiger partial charge on any atom is 0.197 e. The number of anilines is 2. The summed E-state index contributed by atoms with van der Waals surface area (Å²) in [5.74, 6) is 2.50. The molecule has 0 aliphatic heterocycles. The van der Waals surface area contributed by atoms with Crippen LogP contribution in [0.2, 0.25) is 5.02 Å². The molecule has 0 bridgehead atoms. The summed E-state index contributed by atoms with van der Waals surface area (Å²) in [5.41, 5.74) is 4.07. The minimum atomic E-state index is 0.724. The predicted octanol–water partition coefficient (Wildman–Crippen LogP) is 6.82. The summed E-state index contributed by atoms with van der Waals surface area (Å²) < 4.78 is 9.11. The van der Waals surface area contributed by atoms with E-state index in [1.165, 1.54) is 0 Å². The van der Waals surface area contributed by atoms with Crippen molar-refractivity contribution in [2.24, 2.45) is 0 Å². The number of nitrogens with zero attached hydrogens (tertiary/aromatic N) is 2. The summed E-state index contributed by atoms with van der Waals surface area (Å²) in [5, 5.41) is 4.30. The zero-order valence-corrected chi connectivity index (χ0v) is 16.4. The van der Waals surface area contributed by atoms with Crippen LogP contribution in [-0.4, -0.2) is 9.38 Å².